The molecule has 0 amide bonds. The molecule has 0 atom stereocenters. The van der Waals surface area contributed by atoms with E-state index >= 15 is 0 Å². The SMILES string of the molecule is COc1ccc(O)c(C=Nc2ccc(Oc3ccccc3)cc2)c1. The van der Waals surface area contributed by atoms with E-state index in [1.165, 1.54) is 0 Å². The molecule has 0 aliphatic heterocycles. The average Bonchev–Trinajstić information content (AvgIpc) is 2.63. The lowest BCUT2D eigenvalue weighted by Crippen LogP contribution is -1.87. The van der Waals surface area contributed by atoms with Crippen molar-refractivity contribution in [1.29, 1.82) is 0 Å². The van der Waals surface area contributed by atoms with Crippen molar-refractivity contribution in [3.63, 3.8) is 0 Å². The Balaban J connectivity index is 1.72. The summed E-state index contributed by atoms with van der Waals surface area (Å²) >= 11 is 0. The van der Waals surface area contributed by atoms with Gasteiger partial charge < -0.3 is 14.6 Å². The Labute approximate surface area is 140 Å². The molecule has 24 heavy (non-hydrogen) atoms. The fourth-order valence-electron chi connectivity index (χ4n) is 2.13. The van der Waals surface area contributed by atoms with Gasteiger partial charge in [0.15, 0.2) is 0 Å². The van der Waals surface area contributed by atoms with Crippen LogP contribution in [0, 0.1) is 0 Å². The van der Waals surface area contributed by atoms with Gasteiger partial charge in [-0.15, -0.1) is 0 Å². The molecule has 0 fully saturated rings. The van der Waals surface area contributed by atoms with Gasteiger partial charge in [-0.3, -0.25) is 4.99 Å². The number of aliphatic imine (C=N–C) groups is 1. The number of hydrogen-bond acceptors (Lipinski definition) is 4. The third-order valence-electron chi connectivity index (χ3n) is 3.40. The first-order chi connectivity index (χ1) is 11.7. The molecule has 0 aromatic heterocycles. The lowest BCUT2D eigenvalue weighted by molar-refractivity contribution is 0.412. The van der Waals surface area contributed by atoms with Crippen LogP contribution in [0.5, 0.6) is 23.0 Å². The second-order valence-corrected chi connectivity index (χ2v) is 5.09. The first-order valence-electron chi connectivity index (χ1n) is 7.48. The highest BCUT2D eigenvalue weighted by Crippen LogP contribution is 2.25. The second kappa shape index (κ2) is 7.33. The molecule has 1 N–H and O–H groups in total. The second-order valence-electron chi connectivity index (χ2n) is 5.09. The van der Waals surface area contributed by atoms with E-state index < -0.39 is 0 Å². The smallest absolute Gasteiger partial charge is 0.127 e. The van der Waals surface area contributed by atoms with Gasteiger partial charge in [0.05, 0.1) is 12.8 Å². The molecule has 3 rings (SSSR count). The molecule has 0 aliphatic rings. The third-order valence-corrected chi connectivity index (χ3v) is 3.40. The molecule has 0 bridgehead atoms. The maximum absolute atomic E-state index is 9.85. The summed E-state index contributed by atoms with van der Waals surface area (Å²) in [4.78, 5) is 4.36. The molecule has 4 nitrogen and oxygen atoms in total. The number of nitrogens with zero attached hydrogens (tertiary/aromatic N) is 1. The van der Waals surface area contributed by atoms with E-state index in [1.54, 1.807) is 31.5 Å². The van der Waals surface area contributed by atoms with Crippen LogP contribution in [0.15, 0.2) is 77.8 Å². The van der Waals surface area contributed by atoms with E-state index in [2.05, 4.69) is 4.99 Å². The molecular formula is C20H17NO3. The van der Waals surface area contributed by atoms with E-state index in [1.807, 2.05) is 54.6 Å². The minimum absolute atomic E-state index is 0.156. The van der Waals surface area contributed by atoms with Crippen LogP contribution in [-0.4, -0.2) is 18.4 Å². The molecule has 0 radical (unpaired) electrons. The summed E-state index contributed by atoms with van der Waals surface area (Å²) in [5.74, 6) is 2.35. The van der Waals surface area contributed by atoms with Gasteiger partial charge in [0.2, 0.25) is 0 Å². The van der Waals surface area contributed by atoms with Crippen molar-refractivity contribution in [2.24, 2.45) is 4.99 Å². The molecule has 0 aliphatic carbocycles. The number of benzene rings is 3. The number of aromatic hydroxyl groups is 1. The maximum Gasteiger partial charge on any atom is 0.127 e. The molecule has 0 saturated carbocycles. The molecular weight excluding hydrogens is 302 g/mol. The van der Waals surface area contributed by atoms with Gasteiger partial charge >= 0.3 is 0 Å². The predicted molar refractivity (Wildman–Crippen MR) is 94.9 cm³/mol. The predicted octanol–water partition coefficient (Wildman–Crippen LogP) is 4.94. The van der Waals surface area contributed by atoms with Crippen LogP contribution in [0.1, 0.15) is 5.56 Å². The molecule has 0 saturated heterocycles. The Morgan fingerprint density at radius 3 is 2.21 bits per heavy atom. The zero-order valence-electron chi connectivity index (χ0n) is 13.2. The monoisotopic (exact) mass is 319 g/mol. The lowest BCUT2D eigenvalue weighted by Gasteiger charge is -2.05. The fourth-order valence-corrected chi connectivity index (χ4v) is 2.13. The normalized spacial score (nSPS) is 10.7. The maximum atomic E-state index is 9.85. The summed E-state index contributed by atoms with van der Waals surface area (Å²) in [6, 6.07) is 22.0. The number of phenolic OH excluding ortho intramolecular Hbond substituents is 1. The lowest BCUT2D eigenvalue weighted by atomic mass is 10.2. The number of hydrogen-bond donors (Lipinski definition) is 1. The summed E-state index contributed by atoms with van der Waals surface area (Å²) < 4.78 is 10.9. The van der Waals surface area contributed by atoms with Crippen LogP contribution in [0.4, 0.5) is 5.69 Å². The van der Waals surface area contributed by atoms with Gasteiger partial charge in [0.25, 0.3) is 0 Å². The first-order valence-corrected chi connectivity index (χ1v) is 7.48. The van der Waals surface area contributed by atoms with Crippen LogP contribution in [-0.2, 0) is 0 Å². The minimum atomic E-state index is 0.156. The number of ether oxygens (including phenoxy) is 2. The zero-order chi connectivity index (χ0) is 16.8. The molecule has 3 aromatic carbocycles. The standard InChI is InChI=1S/C20H17NO3/c1-23-19-11-12-20(22)15(13-19)14-21-16-7-9-18(10-8-16)24-17-5-3-2-4-6-17/h2-14,22H,1H3. The van der Waals surface area contributed by atoms with Gasteiger partial charge in [-0.1, -0.05) is 18.2 Å². The van der Waals surface area contributed by atoms with Crippen LogP contribution in [0.3, 0.4) is 0 Å². The Bertz CT molecular complexity index is 827. The van der Waals surface area contributed by atoms with Crippen LogP contribution in [0.25, 0.3) is 0 Å². The highest BCUT2D eigenvalue weighted by atomic mass is 16.5. The molecule has 3 aromatic rings. The van der Waals surface area contributed by atoms with E-state index in [0.29, 0.717) is 11.3 Å². The van der Waals surface area contributed by atoms with Crippen LogP contribution >= 0.6 is 0 Å². The molecule has 120 valence electrons. The van der Waals surface area contributed by atoms with Crippen molar-refractivity contribution in [1.82, 2.24) is 0 Å². The van der Waals surface area contributed by atoms with Crippen molar-refractivity contribution in [3.8, 4) is 23.0 Å². The topological polar surface area (TPSA) is 51.0 Å². The number of phenols is 1. The van der Waals surface area contributed by atoms with Gasteiger partial charge in [-0.2, -0.15) is 0 Å². The van der Waals surface area contributed by atoms with Crippen molar-refractivity contribution in [2.45, 2.75) is 0 Å². The molecule has 4 heteroatoms. The Morgan fingerprint density at radius 1 is 0.833 bits per heavy atom. The Morgan fingerprint density at radius 2 is 1.50 bits per heavy atom. The van der Waals surface area contributed by atoms with Gasteiger partial charge in [0.1, 0.15) is 23.0 Å². The summed E-state index contributed by atoms with van der Waals surface area (Å²) in [6.07, 6.45) is 1.60. The number of rotatable bonds is 5. The largest absolute Gasteiger partial charge is 0.507 e. The molecule has 0 heterocycles. The Kier molecular flexibility index (Phi) is 4.77. The van der Waals surface area contributed by atoms with Crippen molar-refractivity contribution in [3.05, 3.63) is 78.4 Å². The summed E-state index contributed by atoms with van der Waals surface area (Å²) in [7, 11) is 1.58. The van der Waals surface area contributed by atoms with Crippen LogP contribution in [0.2, 0.25) is 0 Å². The minimum Gasteiger partial charge on any atom is -0.507 e. The van der Waals surface area contributed by atoms with E-state index in [-0.39, 0.29) is 5.75 Å². The molecule has 0 unspecified atom stereocenters. The van der Waals surface area contributed by atoms with Crippen LogP contribution < -0.4 is 9.47 Å². The summed E-state index contributed by atoms with van der Waals surface area (Å²) in [5, 5.41) is 9.85. The molecule has 0 spiro atoms. The Hall–Kier alpha value is -3.27. The third kappa shape index (κ3) is 3.93. The van der Waals surface area contributed by atoms with Crippen molar-refractivity contribution >= 4 is 11.9 Å². The highest BCUT2D eigenvalue weighted by Gasteiger charge is 2.01. The highest BCUT2D eigenvalue weighted by molar-refractivity contribution is 5.85. The van der Waals surface area contributed by atoms with Gasteiger partial charge in [-0.25, -0.2) is 0 Å². The quantitative estimate of drug-likeness (QED) is 0.677. The fraction of sp³-hybridized carbons (Fsp3) is 0.0500. The zero-order valence-corrected chi connectivity index (χ0v) is 13.2. The van der Waals surface area contributed by atoms with E-state index in [0.717, 1.165) is 17.2 Å². The number of methoxy groups -OCH3 is 1. The van der Waals surface area contributed by atoms with Crippen molar-refractivity contribution in [2.75, 3.05) is 7.11 Å². The van der Waals surface area contributed by atoms with E-state index in [4.69, 9.17) is 9.47 Å². The summed E-state index contributed by atoms with van der Waals surface area (Å²) in [6.45, 7) is 0. The average molecular weight is 319 g/mol. The first kappa shape index (κ1) is 15.6. The summed E-state index contributed by atoms with van der Waals surface area (Å²) in [5.41, 5.74) is 1.36. The van der Waals surface area contributed by atoms with Gasteiger partial charge in [-0.05, 0) is 54.6 Å². The van der Waals surface area contributed by atoms with Crippen molar-refractivity contribution < 1.29 is 14.6 Å². The van der Waals surface area contributed by atoms with Gasteiger partial charge in [0, 0.05) is 11.8 Å². The van der Waals surface area contributed by atoms with E-state index in [9.17, 15) is 5.11 Å². The number of para-hydroxylation sites is 1.